The molecule has 0 fully saturated rings. The Bertz CT molecular complexity index is 492. The smallest absolute Gasteiger partial charge is 0.356 e. The molecule has 0 aliphatic heterocycles. The van der Waals surface area contributed by atoms with Gasteiger partial charge < -0.3 is 9.15 Å². The van der Waals surface area contributed by atoms with Crippen molar-refractivity contribution in [2.45, 2.75) is 0 Å². The number of pyridine rings is 1. The number of rotatable bonds is 1. The van der Waals surface area contributed by atoms with E-state index in [4.69, 9.17) is 16.0 Å². The number of halogens is 1. The second-order valence-corrected chi connectivity index (χ2v) is 2.99. The van der Waals surface area contributed by atoms with Crippen LogP contribution in [0.2, 0.25) is 5.15 Å². The van der Waals surface area contributed by atoms with Gasteiger partial charge in [0.2, 0.25) is 0 Å². The molecule has 2 aromatic rings. The van der Waals surface area contributed by atoms with Gasteiger partial charge >= 0.3 is 5.97 Å². The molecule has 0 bridgehead atoms. The predicted molar refractivity (Wildman–Crippen MR) is 50.4 cm³/mol. The quantitative estimate of drug-likeness (QED) is 0.536. The fraction of sp³-hybridized carbons (Fsp3) is 0.111. The van der Waals surface area contributed by atoms with E-state index in [1.54, 1.807) is 12.1 Å². The number of ether oxygens (including phenoxy) is 1. The molecule has 0 saturated carbocycles. The van der Waals surface area contributed by atoms with E-state index >= 15 is 0 Å². The monoisotopic (exact) mass is 211 g/mol. The summed E-state index contributed by atoms with van der Waals surface area (Å²) < 4.78 is 9.60. The maximum absolute atomic E-state index is 11.2. The summed E-state index contributed by atoms with van der Waals surface area (Å²) in [6.07, 6.45) is 1.49. The van der Waals surface area contributed by atoms with E-state index in [1.807, 2.05) is 0 Å². The molecule has 0 aliphatic rings. The summed E-state index contributed by atoms with van der Waals surface area (Å²) in [6, 6.07) is 3.27. The van der Waals surface area contributed by atoms with Crippen molar-refractivity contribution in [1.29, 1.82) is 0 Å². The first-order chi connectivity index (χ1) is 6.72. The predicted octanol–water partition coefficient (Wildman–Crippen LogP) is 2.27. The molecule has 72 valence electrons. The minimum Gasteiger partial charge on any atom is -0.464 e. The second kappa shape index (κ2) is 3.31. The highest BCUT2D eigenvalue weighted by Gasteiger charge is 2.12. The molecule has 0 atom stereocenters. The lowest BCUT2D eigenvalue weighted by atomic mass is 10.3. The number of aromatic nitrogens is 1. The Balaban J connectivity index is 2.64. The molecule has 0 amide bonds. The summed E-state index contributed by atoms with van der Waals surface area (Å²) >= 11 is 5.79. The molecule has 0 N–H and O–H groups in total. The van der Waals surface area contributed by atoms with Crippen LogP contribution in [0.1, 0.15) is 10.5 Å². The van der Waals surface area contributed by atoms with Crippen LogP contribution in [0.5, 0.6) is 0 Å². The Kier molecular flexibility index (Phi) is 2.13. The van der Waals surface area contributed by atoms with Crippen molar-refractivity contribution >= 4 is 28.5 Å². The number of hydrogen-bond acceptors (Lipinski definition) is 4. The number of hydrogen-bond donors (Lipinski definition) is 0. The van der Waals surface area contributed by atoms with Gasteiger partial charge in [-0.05, 0) is 12.1 Å². The Morgan fingerprint density at radius 2 is 2.43 bits per heavy atom. The molecule has 0 aromatic carbocycles. The van der Waals surface area contributed by atoms with Crippen LogP contribution in [0.4, 0.5) is 0 Å². The summed E-state index contributed by atoms with van der Waals surface area (Å²) in [6.45, 7) is 0. The van der Waals surface area contributed by atoms with Crippen LogP contribution in [0.3, 0.4) is 0 Å². The van der Waals surface area contributed by atoms with Crippen molar-refractivity contribution in [3.63, 3.8) is 0 Å². The van der Waals surface area contributed by atoms with E-state index in [0.29, 0.717) is 5.58 Å². The van der Waals surface area contributed by atoms with E-state index in [-0.39, 0.29) is 10.8 Å². The summed E-state index contributed by atoms with van der Waals surface area (Å²) in [5, 5.41) is 0.887. The molecule has 0 radical (unpaired) electrons. The maximum atomic E-state index is 11.2. The fourth-order valence-electron chi connectivity index (χ4n) is 1.15. The van der Waals surface area contributed by atoms with E-state index < -0.39 is 5.97 Å². The summed E-state index contributed by atoms with van der Waals surface area (Å²) in [5.74, 6) is -0.519. The molecule has 14 heavy (non-hydrogen) atoms. The normalized spacial score (nSPS) is 10.4. The lowest BCUT2D eigenvalue weighted by Gasteiger charge is -1.98. The van der Waals surface area contributed by atoms with E-state index in [0.717, 1.165) is 5.39 Å². The first-order valence-corrected chi connectivity index (χ1v) is 4.22. The van der Waals surface area contributed by atoms with Gasteiger partial charge in [0.1, 0.15) is 0 Å². The van der Waals surface area contributed by atoms with E-state index in [1.165, 1.54) is 13.4 Å². The zero-order valence-corrected chi connectivity index (χ0v) is 8.04. The number of fused-ring (bicyclic) bond motifs is 1. The lowest BCUT2D eigenvalue weighted by Crippen LogP contribution is -2.03. The summed E-state index contributed by atoms with van der Waals surface area (Å²) in [5.41, 5.74) is 0.644. The Morgan fingerprint density at radius 1 is 1.64 bits per heavy atom. The molecular weight excluding hydrogens is 206 g/mol. The molecular formula is C9H6ClNO3. The van der Waals surface area contributed by atoms with E-state index in [9.17, 15) is 4.79 Å². The third-order valence-corrected chi connectivity index (χ3v) is 2.04. The Morgan fingerprint density at radius 3 is 3.14 bits per heavy atom. The number of carbonyl (C=O) groups is 1. The number of nitrogens with zero attached hydrogens (tertiary/aromatic N) is 1. The minimum atomic E-state index is -0.519. The highest BCUT2D eigenvalue weighted by Crippen LogP contribution is 2.23. The van der Waals surface area contributed by atoms with Crippen molar-refractivity contribution in [1.82, 2.24) is 4.98 Å². The van der Waals surface area contributed by atoms with Gasteiger partial charge in [-0.3, -0.25) is 0 Å². The van der Waals surface area contributed by atoms with Gasteiger partial charge in [0.15, 0.2) is 16.4 Å². The number of methoxy groups -OCH3 is 1. The van der Waals surface area contributed by atoms with Crippen LogP contribution in [-0.2, 0) is 4.74 Å². The van der Waals surface area contributed by atoms with E-state index in [2.05, 4.69) is 9.72 Å². The van der Waals surface area contributed by atoms with Gasteiger partial charge in [-0.2, -0.15) is 0 Å². The van der Waals surface area contributed by atoms with Crippen LogP contribution in [0.25, 0.3) is 11.0 Å². The molecule has 2 heterocycles. The van der Waals surface area contributed by atoms with Gasteiger partial charge in [0.05, 0.1) is 13.4 Å². The average molecular weight is 212 g/mol. The molecule has 0 unspecified atom stereocenters. The van der Waals surface area contributed by atoms with Crippen LogP contribution in [0.15, 0.2) is 22.8 Å². The second-order valence-electron chi connectivity index (χ2n) is 2.63. The largest absolute Gasteiger partial charge is 0.464 e. The van der Waals surface area contributed by atoms with Crippen molar-refractivity contribution < 1.29 is 13.9 Å². The third kappa shape index (κ3) is 1.33. The third-order valence-electron chi connectivity index (χ3n) is 1.79. The van der Waals surface area contributed by atoms with Crippen LogP contribution < -0.4 is 0 Å². The van der Waals surface area contributed by atoms with Gasteiger partial charge in [-0.25, -0.2) is 9.78 Å². The van der Waals surface area contributed by atoms with Crippen molar-refractivity contribution in [3.05, 3.63) is 29.2 Å². The van der Waals surface area contributed by atoms with Crippen molar-refractivity contribution in [2.75, 3.05) is 7.11 Å². The first kappa shape index (κ1) is 9.02. The average Bonchev–Trinajstić information content (AvgIpc) is 2.64. The Labute approximate surface area is 84.4 Å². The number of carbonyl (C=O) groups excluding carboxylic acids is 1. The van der Waals surface area contributed by atoms with Crippen LogP contribution in [-0.4, -0.2) is 18.1 Å². The van der Waals surface area contributed by atoms with Gasteiger partial charge in [0.25, 0.3) is 0 Å². The standard InChI is InChI=1S/C9H6ClNO3/c1-13-9(12)6-4-5-2-3-14-7(5)8(10)11-6/h2-4H,1H3. The van der Waals surface area contributed by atoms with Crippen LogP contribution in [0, 0.1) is 0 Å². The zero-order valence-electron chi connectivity index (χ0n) is 7.28. The number of esters is 1. The molecule has 0 spiro atoms. The van der Waals surface area contributed by atoms with Crippen molar-refractivity contribution in [2.24, 2.45) is 0 Å². The molecule has 5 heteroatoms. The molecule has 2 rings (SSSR count). The molecule has 0 saturated heterocycles. The van der Waals surface area contributed by atoms with Gasteiger partial charge in [-0.1, -0.05) is 11.6 Å². The maximum Gasteiger partial charge on any atom is 0.356 e. The Hall–Kier alpha value is -1.55. The summed E-state index contributed by atoms with van der Waals surface area (Å²) in [4.78, 5) is 15.0. The topological polar surface area (TPSA) is 52.3 Å². The fourth-order valence-corrected chi connectivity index (χ4v) is 1.39. The van der Waals surface area contributed by atoms with Crippen molar-refractivity contribution in [3.8, 4) is 0 Å². The lowest BCUT2D eigenvalue weighted by molar-refractivity contribution is 0.0594. The zero-order chi connectivity index (χ0) is 10.1. The molecule has 0 aliphatic carbocycles. The molecule has 2 aromatic heterocycles. The van der Waals surface area contributed by atoms with Gasteiger partial charge in [-0.15, -0.1) is 0 Å². The highest BCUT2D eigenvalue weighted by molar-refractivity contribution is 6.33. The SMILES string of the molecule is COC(=O)c1cc2ccoc2c(Cl)n1. The summed E-state index contributed by atoms with van der Waals surface area (Å²) in [7, 11) is 1.29. The first-order valence-electron chi connectivity index (χ1n) is 3.84. The van der Waals surface area contributed by atoms with Gasteiger partial charge in [0, 0.05) is 5.39 Å². The minimum absolute atomic E-state index is 0.160. The highest BCUT2D eigenvalue weighted by atomic mass is 35.5. The number of furan rings is 1. The van der Waals surface area contributed by atoms with Crippen LogP contribution >= 0.6 is 11.6 Å². The molecule has 4 nitrogen and oxygen atoms in total.